The SMILES string of the molecule is Cc1ccc(-c2noc(C)c2COC2=CC=CNN2C2CCC(F)(F)CC2)cn1. The van der Waals surface area contributed by atoms with E-state index < -0.39 is 5.92 Å². The van der Waals surface area contributed by atoms with Gasteiger partial charge in [-0.1, -0.05) is 5.16 Å². The summed E-state index contributed by atoms with van der Waals surface area (Å²) in [5.74, 6) is -1.30. The molecule has 1 N–H and O–H groups in total. The lowest BCUT2D eigenvalue weighted by molar-refractivity contribution is -0.0632. The summed E-state index contributed by atoms with van der Waals surface area (Å²) in [6, 6.07) is 3.82. The first-order valence-electron chi connectivity index (χ1n) is 9.74. The quantitative estimate of drug-likeness (QED) is 0.787. The summed E-state index contributed by atoms with van der Waals surface area (Å²) in [4.78, 5) is 4.32. The number of alkyl halides is 2. The van der Waals surface area contributed by atoms with Gasteiger partial charge in [-0.15, -0.1) is 0 Å². The van der Waals surface area contributed by atoms with Gasteiger partial charge < -0.3 is 14.7 Å². The molecule has 2 aliphatic rings. The molecule has 0 unspecified atom stereocenters. The first-order valence-corrected chi connectivity index (χ1v) is 9.74. The second-order valence-corrected chi connectivity index (χ2v) is 7.49. The maximum absolute atomic E-state index is 13.5. The molecule has 0 atom stereocenters. The van der Waals surface area contributed by atoms with Crippen LogP contribution in [0.1, 0.15) is 42.7 Å². The second kappa shape index (κ2) is 7.85. The Balaban J connectivity index is 1.48. The summed E-state index contributed by atoms with van der Waals surface area (Å²) in [6.07, 6.45) is 7.78. The van der Waals surface area contributed by atoms with Crippen LogP contribution in [0.5, 0.6) is 0 Å². The fourth-order valence-corrected chi connectivity index (χ4v) is 3.63. The number of aromatic nitrogens is 2. The molecule has 2 aromatic rings. The van der Waals surface area contributed by atoms with Crippen molar-refractivity contribution in [3.05, 3.63) is 59.6 Å². The molecule has 6 nitrogen and oxygen atoms in total. The van der Waals surface area contributed by atoms with E-state index >= 15 is 0 Å². The van der Waals surface area contributed by atoms with Crippen LogP contribution in [0.2, 0.25) is 0 Å². The molecule has 1 fully saturated rings. The van der Waals surface area contributed by atoms with Gasteiger partial charge in [-0.25, -0.2) is 8.78 Å². The molecule has 4 rings (SSSR count). The maximum Gasteiger partial charge on any atom is 0.248 e. The highest BCUT2D eigenvalue weighted by atomic mass is 19.3. The van der Waals surface area contributed by atoms with Gasteiger partial charge in [0.05, 0.1) is 11.6 Å². The zero-order valence-corrected chi connectivity index (χ0v) is 16.5. The lowest BCUT2D eigenvalue weighted by Gasteiger charge is -2.39. The molecule has 8 heteroatoms. The average molecular weight is 402 g/mol. The number of allylic oxidation sites excluding steroid dienone is 2. The highest BCUT2D eigenvalue weighted by Crippen LogP contribution is 2.36. The van der Waals surface area contributed by atoms with Gasteiger partial charge >= 0.3 is 0 Å². The van der Waals surface area contributed by atoms with Gasteiger partial charge in [0.15, 0.2) is 0 Å². The van der Waals surface area contributed by atoms with E-state index in [0.717, 1.165) is 16.8 Å². The number of hydrogen-bond acceptors (Lipinski definition) is 6. The molecule has 0 radical (unpaired) electrons. The van der Waals surface area contributed by atoms with Crippen molar-refractivity contribution in [1.82, 2.24) is 20.6 Å². The van der Waals surface area contributed by atoms with Crippen LogP contribution in [-0.4, -0.2) is 27.1 Å². The predicted molar refractivity (Wildman–Crippen MR) is 103 cm³/mol. The second-order valence-electron chi connectivity index (χ2n) is 7.49. The summed E-state index contributed by atoms with van der Waals surface area (Å²) < 4.78 is 38.5. The van der Waals surface area contributed by atoms with Gasteiger partial charge in [0.25, 0.3) is 0 Å². The summed E-state index contributed by atoms with van der Waals surface area (Å²) >= 11 is 0. The third kappa shape index (κ3) is 4.26. The van der Waals surface area contributed by atoms with Crippen molar-refractivity contribution in [3.63, 3.8) is 0 Å². The Hall–Kier alpha value is -2.90. The Bertz CT molecular complexity index is 911. The van der Waals surface area contributed by atoms with Crippen LogP contribution in [0, 0.1) is 13.8 Å². The summed E-state index contributed by atoms with van der Waals surface area (Å²) in [5, 5.41) is 6.00. The van der Waals surface area contributed by atoms with E-state index in [9.17, 15) is 8.78 Å². The molecule has 0 aromatic carbocycles. The summed E-state index contributed by atoms with van der Waals surface area (Å²) in [6.45, 7) is 4.01. The fraction of sp³-hybridized carbons (Fsp3) is 0.429. The van der Waals surface area contributed by atoms with Gasteiger partial charge in [-0.05, 0) is 44.9 Å². The smallest absolute Gasteiger partial charge is 0.248 e. The van der Waals surface area contributed by atoms with Crippen LogP contribution in [-0.2, 0) is 11.3 Å². The minimum Gasteiger partial charge on any atom is -0.473 e. The van der Waals surface area contributed by atoms with Crippen LogP contribution in [0.3, 0.4) is 0 Å². The summed E-state index contributed by atoms with van der Waals surface area (Å²) in [5.41, 5.74) is 6.43. The molecule has 2 aromatic heterocycles. The number of aryl methyl sites for hydroxylation is 2. The molecular weight excluding hydrogens is 378 g/mol. The van der Waals surface area contributed by atoms with Crippen molar-refractivity contribution in [2.24, 2.45) is 0 Å². The van der Waals surface area contributed by atoms with Crippen molar-refractivity contribution < 1.29 is 18.0 Å². The van der Waals surface area contributed by atoms with E-state index in [-0.39, 0.29) is 25.5 Å². The van der Waals surface area contributed by atoms with Crippen LogP contribution >= 0.6 is 0 Å². The molecule has 1 aliphatic carbocycles. The van der Waals surface area contributed by atoms with Crippen molar-refractivity contribution in [3.8, 4) is 11.3 Å². The Morgan fingerprint density at radius 2 is 2.07 bits per heavy atom. The van der Waals surface area contributed by atoms with Crippen LogP contribution in [0.4, 0.5) is 8.78 Å². The standard InChI is InChI=1S/C21H24F2N4O2/c1-14-5-6-16(12-24-14)20-18(15(2)29-26-20)13-28-19-4-3-11-25-27(19)17-7-9-21(22,23)10-8-17/h3-6,11-12,17,25H,7-10,13H2,1-2H3. The molecule has 3 heterocycles. The van der Waals surface area contributed by atoms with E-state index in [0.29, 0.717) is 30.2 Å². The first kappa shape index (κ1) is 19.4. The maximum atomic E-state index is 13.5. The zero-order chi connectivity index (χ0) is 20.4. The van der Waals surface area contributed by atoms with Gasteiger partial charge in [0.1, 0.15) is 18.1 Å². The third-order valence-electron chi connectivity index (χ3n) is 5.37. The van der Waals surface area contributed by atoms with Gasteiger partial charge in [0.2, 0.25) is 11.8 Å². The molecule has 0 spiro atoms. The minimum absolute atomic E-state index is 0.0461. The predicted octanol–water partition coefficient (Wildman–Crippen LogP) is 4.62. The van der Waals surface area contributed by atoms with Crippen molar-refractivity contribution in [1.29, 1.82) is 0 Å². The Labute approximate surface area is 168 Å². The lowest BCUT2D eigenvalue weighted by atomic mass is 9.92. The van der Waals surface area contributed by atoms with Crippen molar-refractivity contribution in [2.75, 3.05) is 0 Å². The normalized spacial score (nSPS) is 19.0. The monoisotopic (exact) mass is 402 g/mol. The van der Waals surface area contributed by atoms with Crippen molar-refractivity contribution in [2.45, 2.75) is 58.1 Å². The van der Waals surface area contributed by atoms with E-state index in [1.165, 1.54) is 0 Å². The molecule has 29 heavy (non-hydrogen) atoms. The number of rotatable bonds is 5. The number of hydrogen-bond donors (Lipinski definition) is 1. The summed E-state index contributed by atoms with van der Waals surface area (Å²) in [7, 11) is 0. The molecule has 0 bridgehead atoms. The molecule has 0 saturated heterocycles. The average Bonchev–Trinajstić information content (AvgIpc) is 3.08. The number of pyridine rings is 1. The molecular formula is C21H24F2N4O2. The van der Waals surface area contributed by atoms with Gasteiger partial charge in [0, 0.05) is 42.6 Å². The Kier molecular flexibility index (Phi) is 5.25. The van der Waals surface area contributed by atoms with Gasteiger partial charge in [-0.3, -0.25) is 9.99 Å². The number of hydrazine groups is 1. The lowest BCUT2D eigenvalue weighted by Crippen LogP contribution is -2.47. The van der Waals surface area contributed by atoms with Crippen LogP contribution in [0.15, 0.2) is 47.1 Å². The van der Waals surface area contributed by atoms with Gasteiger partial charge in [-0.2, -0.15) is 0 Å². The molecule has 154 valence electrons. The zero-order valence-electron chi connectivity index (χ0n) is 16.5. The third-order valence-corrected chi connectivity index (χ3v) is 5.37. The minimum atomic E-state index is -2.57. The number of ether oxygens (including phenoxy) is 1. The largest absolute Gasteiger partial charge is 0.473 e. The van der Waals surface area contributed by atoms with Crippen molar-refractivity contribution >= 4 is 0 Å². The van der Waals surface area contributed by atoms with Crippen LogP contribution < -0.4 is 5.43 Å². The number of nitrogens with one attached hydrogen (secondary N) is 1. The highest BCUT2D eigenvalue weighted by molar-refractivity contribution is 5.62. The Morgan fingerprint density at radius 3 is 2.79 bits per heavy atom. The number of nitrogens with zero attached hydrogens (tertiary/aromatic N) is 3. The number of halogens is 2. The van der Waals surface area contributed by atoms with E-state index in [4.69, 9.17) is 9.26 Å². The topological polar surface area (TPSA) is 63.4 Å². The molecule has 0 amide bonds. The highest BCUT2D eigenvalue weighted by Gasteiger charge is 2.38. The molecule has 1 saturated carbocycles. The van der Waals surface area contributed by atoms with Crippen LogP contribution in [0.25, 0.3) is 11.3 Å². The van der Waals surface area contributed by atoms with E-state index in [1.54, 1.807) is 12.4 Å². The fourth-order valence-electron chi connectivity index (χ4n) is 3.63. The van der Waals surface area contributed by atoms with E-state index in [2.05, 4.69) is 15.6 Å². The first-order chi connectivity index (χ1) is 13.9. The Morgan fingerprint density at radius 1 is 1.28 bits per heavy atom. The van der Waals surface area contributed by atoms with E-state index in [1.807, 2.05) is 43.1 Å². The molecule has 1 aliphatic heterocycles.